The van der Waals surface area contributed by atoms with Gasteiger partial charge in [0.2, 0.25) is 0 Å². The molecule has 2 atom stereocenters. The third kappa shape index (κ3) is 4.76. The summed E-state index contributed by atoms with van der Waals surface area (Å²) in [6.45, 7) is 4.13. The lowest BCUT2D eigenvalue weighted by atomic mass is 10.0. The fourth-order valence-electron chi connectivity index (χ4n) is 1.88. The van der Waals surface area contributed by atoms with Crippen molar-refractivity contribution in [2.24, 2.45) is 0 Å². The molecule has 1 rings (SSSR count). The van der Waals surface area contributed by atoms with E-state index in [-0.39, 0.29) is 12.6 Å². The van der Waals surface area contributed by atoms with Gasteiger partial charge in [-0.2, -0.15) is 0 Å². The van der Waals surface area contributed by atoms with E-state index in [4.69, 9.17) is 14.6 Å². The number of rotatable bonds is 8. The summed E-state index contributed by atoms with van der Waals surface area (Å²) in [6.07, 6.45) is 0. The molecule has 0 aliphatic heterocycles. The fraction of sp³-hybridized carbons (Fsp3) is 0.600. The van der Waals surface area contributed by atoms with E-state index in [1.807, 2.05) is 25.1 Å². The SMILES string of the molecule is COCc1cc(C(C)NCC(C)(O)CO)ccc1OC. The van der Waals surface area contributed by atoms with Crippen molar-refractivity contribution in [3.05, 3.63) is 29.3 Å². The van der Waals surface area contributed by atoms with Crippen molar-refractivity contribution < 1.29 is 19.7 Å². The van der Waals surface area contributed by atoms with Crippen LogP contribution in [0.4, 0.5) is 0 Å². The highest BCUT2D eigenvalue weighted by molar-refractivity contribution is 5.38. The van der Waals surface area contributed by atoms with Crippen molar-refractivity contribution in [1.82, 2.24) is 5.32 Å². The molecular formula is C15H25NO4. The van der Waals surface area contributed by atoms with Crippen molar-refractivity contribution in [3.63, 3.8) is 0 Å². The number of nitrogens with one attached hydrogen (secondary N) is 1. The molecule has 0 aliphatic rings. The van der Waals surface area contributed by atoms with Crippen molar-refractivity contribution >= 4 is 0 Å². The normalized spacial score (nSPS) is 15.7. The quantitative estimate of drug-likeness (QED) is 0.669. The van der Waals surface area contributed by atoms with Crippen molar-refractivity contribution in [2.45, 2.75) is 32.1 Å². The van der Waals surface area contributed by atoms with Gasteiger partial charge in [0, 0.05) is 25.3 Å². The first-order valence-corrected chi connectivity index (χ1v) is 6.66. The van der Waals surface area contributed by atoms with Crippen LogP contribution in [0.25, 0.3) is 0 Å². The van der Waals surface area contributed by atoms with Crippen LogP contribution < -0.4 is 10.1 Å². The fourth-order valence-corrected chi connectivity index (χ4v) is 1.88. The molecule has 1 aromatic rings. The summed E-state index contributed by atoms with van der Waals surface area (Å²) in [7, 11) is 3.28. The van der Waals surface area contributed by atoms with E-state index in [9.17, 15) is 5.11 Å². The lowest BCUT2D eigenvalue weighted by molar-refractivity contribution is 0.00105. The van der Waals surface area contributed by atoms with Gasteiger partial charge in [-0.15, -0.1) is 0 Å². The second-order valence-corrected chi connectivity index (χ2v) is 5.26. The van der Waals surface area contributed by atoms with Gasteiger partial charge in [0.15, 0.2) is 0 Å². The van der Waals surface area contributed by atoms with Gasteiger partial charge in [-0.1, -0.05) is 6.07 Å². The van der Waals surface area contributed by atoms with Gasteiger partial charge in [0.1, 0.15) is 5.75 Å². The minimum Gasteiger partial charge on any atom is -0.496 e. The van der Waals surface area contributed by atoms with Crippen LogP contribution in [-0.4, -0.2) is 43.2 Å². The highest BCUT2D eigenvalue weighted by Gasteiger charge is 2.20. The van der Waals surface area contributed by atoms with Crippen LogP contribution in [0.3, 0.4) is 0 Å². The molecule has 1 aromatic carbocycles. The van der Waals surface area contributed by atoms with Crippen LogP contribution in [0, 0.1) is 0 Å². The molecule has 3 N–H and O–H groups in total. The summed E-state index contributed by atoms with van der Waals surface area (Å²) in [5, 5.41) is 22.0. The molecule has 0 saturated heterocycles. The average molecular weight is 283 g/mol. The number of methoxy groups -OCH3 is 2. The molecule has 0 heterocycles. The Kier molecular flexibility index (Phi) is 6.42. The highest BCUT2D eigenvalue weighted by Crippen LogP contribution is 2.24. The summed E-state index contributed by atoms with van der Waals surface area (Å²) in [4.78, 5) is 0. The topological polar surface area (TPSA) is 71.0 Å². The standard InChI is InChI=1S/C15H25NO4/c1-11(16-9-15(2,18)10-17)12-5-6-14(20-4)13(7-12)8-19-3/h5-7,11,16-18H,8-10H2,1-4H3. The maximum absolute atomic E-state index is 9.79. The van der Waals surface area contributed by atoms with Crippen molar-refractivity contribution in [3.8, 4) is 5.75 Å². The first-order chi connectivity index (χ1) is 9.43. The molecule has 114 valence electrons. The van der Waals surface area contributed by atoms with Gasteiger partial charge in [0.25, 0.3) is 0 Å². The van der Waals surface area contributed by atoms with E-state index in [0.717, 1.165) is 16.9 Å². The van der Waals surface area contributed by atoms with Gasteiger partial charge in [0.05, 0.1) is 25.9 Å². The van der Waals surface area contributed by atoms with E-state index in [0.29, 0.717) is 13.2 Å². The molecule has 0 aliphatic carbocycles. The van der Waals surface area contributed by atoms with Crippen LogP contribution in [0.5, 0.6) is 5.75 Å². The zero-order valence-electron chi connectivity index (χ0n) is 12.6. The Labute approximate surface area is 120 Å². The molecule has 0 radical (unpaired) electrons. The third-order valence-corrected chi connectivity index (χ3v) is 3.23. The van der Waals surface area contributed by atoms with E-state index in [1.54, 1.807) is 21.1 Å². The Balaban J connectivity index is 2.77. The average Bonchev–Trinajstić information content (AvgIpc) is 2.45. The number of ether oxygens (including phenoxy) is 2. The Morgan fingerprint density at radius 1 is 1.35 bits per heavy atom. The first-order valence-electron chi connectivity index (χ1n) is 6.66. The molecule has 0 saturated carbocycles. The van der Waals surface area contributed by atoms with E-state index in [2.05, 4.69) is 5.32 Å². The molecule has 0 spiro atoms. The highest BCUT2D eigenvalue weighted by atomic mass is 16.5. The Morgan fingerprint density at radius 2 is 2.05 bits per heavy atom. The molecule has 5 heteroatoms. The number of benzene rings is 1. The predicted octanol–water partition coefficient (Wildman–Crippen LogP) is 1.24. The third-order valence-electron chi connectivity index (χ3n) is 3.23. The first kappa shape index (κ1) is 16.9. The molecule has 2 unspecified atom stereocenters. The Hall–Kier alpha value is -1.14. The minimum absolute atomic E-state index is 0.0505. The molecule has 0 fully saturated rings. The minimum atomic E-state index is -1.11. The predicted molar refractivity (Wildman–Crippen MR) is 77.8 cm³/mol. The Bertz CT molecular complexity index is 420. The van der Waals surface area contributed by atoms with Crippen LogP contribution in [-0.2, 0) is 11.3 Å². The van der Waals surface area contributed by atoms with Crippen LogP contribution in [0.15, 0.2) is 18.2 Å². The van der Waals surface area contributed by atoms with E-state index in [1.165, 1.54) is 0 Å². The molecule has 5 nitrogen and oxygen atoms in total. The molecule has 0 bridgehead atoms. The van der Waals surface area contributed by atoms with Gasteiger partial charge in [-0.05, 0) is 31.5 Å². The zero-order chi connectivity index (χ0) is 15.2. The molecule has 20 heavy (non-hydrogen) atoms. The Morgan fingerprint density at radius 3 is 2.60 bits per heavy atom. The van der Waals surface area contributed by atoms with Gasteiger partial charge in [-0.3, -0.25) is 0 Å². The van der Waals surface area contributed by atoms with Crippen LogP contribution >= 0.6 is 0 Å². The second-order valence-electron chi connectivity index (χ2n) is 5.26. The smallest absolute Gasteiger partial charge is 0.124 e. The number of aliphatic hydroxyl groups is 2. The van der Waals surface area contributed by atoms with Gasteiger partial charge in [-0.25, -0.2) is 0 Å². The largest absolute Gasteiger partial charge is 0.496 e. The maximum atomic E-state index is 9.79. The summed E-state index contributed by atoms with van der Waals surface area (Å²) in [5.41, 5.74) is 0.942. The lowest BCUT2D eigenvalue weighted by Crippen LogP contribution is -2.41. The molecular weight excluding hydrogens is 258 g/mol. The van der Waals surface area contributed by atoms with E-state index >= 15 is 0 Å². The molecule has 0 aromatic heterocycles. The van der Waals surface area contributed by atoms with Crippen LogP contribution in [0.2, 0.25) is 0 Å². The number of hydrogen-bond donors (Lipinski definition) is 3. The van der Waals surface area contributed by atoms with Crippen molar-refractivity contribution in [1.29, 1.82) is 0 Å². The second kappa shape index (κ2) is 7.59. The maximum Gasteiger partial charge on any atom is 0.124 e. The monoisotopic (exact) mass is 283 g/mol. The van der Waals surface area contributed by atoms with E-state index < -0.39 is 5.60 Å². The number of hydrogen-bond acceptors (Lipinski definition) is 5. The number of aliphatic hydroxyl groups excluding tert-OH is 1. The lowest BCUT2D eigenvalue weighted by Gasteiger charge is -2.24. The van der Waals surface area contributed by atoms with Crippen molar-refractivity contribution in [2.75, 3.05) is 27.4 Å². The summed E-state index contributed by atoms with van der Waals surface area (Å²) in [5.74, 6) is 0.796. The van der Waals surface area contributed by atoms with Gasteiger partial charge >= 0.3 is 0 Å². The zero-order valence-corrected chi connectivity index (χ0v) is 12.6. The summed E-state index contributed by atoms with van der Waals surface area (Å²) in [6, 6.07) is 5.96. The summed E-state index contributed by atoms with van der Waals surface area (Å²) < 4.78 is 10.5. The molecule has 0 amide bonds. The summed E-state index contributed by atoms with van der Waals surface area (Å²) >= 11 is 0. The van der Waals surface area contributed by atoms with Crippen LogP contribution in [0.1, 0.15) is 31.0 Å². The van der Waals surface area contributed by atoms with Gasteiger partial charge < -0.3 is 25.0 Å².